The Balaban J connectivity index is 3.30. The second-order valence-electron chi connectivity index (χ2n) is 3.54. The fourth-order valence-electron chi connectivity index (χ4n) is 1.47. The molecule has 0 spiro atoms. The minimum absolute atomic E-state index is 0.571. The highest BCUT2D eigenvalue weighted by Crippen LogP contribution is 2.36. The first kappa shape index (κ1) is 14.4. The normalized spacial score (nSPS) is 11.7. The van der Waals surface area contributed by atoms with Gasteiger partial charge < -0.3 is 4.74 Å². The van der Waals surface area contributed by atoms with Crippen molar-refractivity contribution in [3.05, 3.63) is 29.3 Å². The van der Waals surface area contributed by atoms with Crippen LogP contribution in [0.4, 0.5) is 22.0 Å². The summed E-state index contributed by atoms with van der Waals surface area (Å²) in [5.74, 6) is -1.21. The monoisotopic (exact) mass is 268 g/mol. The van der Waals surface area contributed by atoms with Gasteiger partial charge in [-0.1, -0.05) is 6.07 Å². The summed E-state index contributed by atoms with van der Waals surface area (Å²) >= 11 is 0. The van der Waals surface area contributed by atoms with Crippen molar-refractivity contribution in [1.29, 1.82) is 0 Å². The Kier molecular flexibility index (Phi) is 4.26. The molecule has 100 valence electrons. The van der Waals surface area contributed by atoms with E-state index in [1.807, 2.05) is 0 Å². The lowest BCUT2D eigenvalue weighted by Gasteiger charge is -2.16. The molecule has 0 radical (unpaired) electrons. The Morgan fingerprint density at radius 3 is 2.39 bits per heavy atom. The first-order valence-corrected chi connectivity index (χ1v) is 4.85. The summed E-state index contributed by atoms with van der Waals surface area (Å²) in [6.07, 6.45) is -5.34. The highest BCUT2D eigenvalue weighted by molar-refractivity contribution is 5.79. The molecule has 1 aromatic rings. The van der Waals surface area contributed by atoms with Gasteiger partial charge in [-0.3, -0.25) is 4.79 Å². The van der Waals surface area contributed by atoms with Gasteiger partial charge in [0.15, 0.2) is 0 Å². The van der Waals surface area contributed by atoms with Gasteiger partial charge in [0.25, 0.3) is 0 Å². The van der Waals surface area contributed by atoms with Crippen LogP contribution in [0.15, 0.2) is 18.2 Å². The van der Waals surface area contributed by atoms with E-state index in [0.717, 1.165) is 25.1 Å². The number of rotatable bonds is 4. The van der Waals surface area contributed by atoms with E-state index in [1.165, 1.54) is 0 Å². The summed E-state index contributed by atoms with van der Waals surface area (Å²) in [5, 5.41) is 0. The number of carbonyl (C=O) groups excluding carboxylic acids is 1. The molecular weight excluding hydrogens is 259 g/mol. The predicted octanol–water partition coefficient (Wildman–Crippen LogP) is 3.44. The quantitative estimate of drug-likeness (QED) is 0.782. The Morgan fingerprint density at radius 1 is 1.33 bits per heavy atom. The van der Waals surface area contributed by atoms with E-state index in [1.54, 1.807) is 0 Å². The average Bonchev–Trinajstić information content (AvgIpc) is 2.17. The van der Waals surface area contributed by atoms with Gasteiger partial charge in [-0.15, -0.1) is 0 Å². The van der Waals surface area contributed by atoms with Gasteiger partial charge in [-0.05, 0) is 19.1 Å². The summed E-state index contributed by atoms with van der Waals surface area (Å²) in [7, 11) is 0. The predicted molar refractivity (Wildman–Crippen MR) is 52.5 cm³/mol. The molecular formula is C11H9F5O2. The molecule has 0 N–H and O–H groups in total. The van der Waals surface area contributed by atoms with E-state index in [9.17, 15) is 26.7 Å². The van der Waals surface area contributed by atoms with Crippen LogP contribution in [0.2, 0.25) is 0 Å². The second-order valence-corrected chi connectivity index (χ2v) is 3.54. The zero-order valence-corrected chi connectivity index (χ0v) is 9.22. The number of hydrogen-bond acceptors (Lipinski definition) is 2. The first-order valence-electron chi connectivity index (χ1n) is 4.85. The molecule has 1 rings (SSSR count). The molecule has 0 unspecified atom stereocenters. The van der Waals surface area contributed by atoms with E-state index in [4.69, 9.17) is 0 Å². The van der Waals surface area contributed by atoms with Crippen LogP contribution in [0.1, 0.15) is 18.1 Å². The van der Waals surface area contributed by atoms with Crippen LogP contribution in [0.3, 0.4) is 0 Å². The molecule has 0 atom stereocenters. The molecule has 0 saturated heterocycles. The highest BCUT2D eigenvalue weighted by atomic mass is 19.4. The number of halogens is 5. The lowest BCUT2D eigenvalue weighted by molar-refractivity contribution is -0.138. The van der Waals surface area contributed by atoms with Crippen molar-refractivity contribution in [2.45, 2.75) is 26.1 Å². The number of alkyl halides is 5. The SMILES string of the molecule is CC(=O)Cc1c(OC(F)F)cccc1C(F)(F)F. The van der Waals surface area contributed by atoms with E-state index < -0.39 is 41.9 Å². The van der Waals surface area contributed by atoms with Crippen LogP contribution in [-0.4, -0.2) is 12.4 Å². The first-order chi connectivity index (χ1) is 8.21. The van der Waals surface area contributed by atoms with Gasteiger partial charge >= 0.3 is 12.8 Å². The minimum atomic E-state index is -4.73. The Morgan fingerprint density at radius 2 is 1.94 bits per heavy atom. The van der Waals surface area contributed by atoms with Gasteiger partial charge in [0.05, 0.1) is 5.56 Å². The average molecular weight is 268 g/mol. The second kappa shape index (κ2) is 5.32. The molecule has 7 heteroatoms. The van der Waals surface area contributed by atoms with Gasteiger partial charge in [0.2, 0.25) is 0 Å². The number of carbonyl (C=O) groups is 1. The standard InChI is InChI=1S/C11H9F5O2/c1-6(17)5-7-8(11(14,15)16)3-2-4-9(7)18-10(12)13/h2-4,10H,5H2,1H3. The summed E-state index contributed by atoms with van der Waals surface area (Å²) in [4.78, 5) is 10.9. The third-order valence-corrected chi connectivity index (χ3v) is 2.08. The fraction of sp³-hybridized carbons (Fsp3) is 0.364. The maximum Gasteiger partial charge on any atom is 0.416 e. The summed E-state index contributed by atoms with van der Waals surface area (Å²) in [6, 6.07) is 2.64. The van der Waals surface area contributed by atoms with Crippen LogP contribution >= 0.6 is 0 Å². The van der Waals surface area contributed by atoms with Gasteiger partial charge in [-0.2, -0.15) is 22.0 Å². The van der Waals surface area contributed by atoms with Crippen LogP contribution in [0, 0.1) is 0 Å². The van der Waals surface area contributed by atoms with Crippen molar-refractivity contribution in [2.75, 3.05) is 0 Å². The van der Waals surface area contributed by atoms with Crippen LogP contribution in [0.25, 0.3) is 0 Å². The van der Waals surface area contributed by atoms with Crippen molar-refractivity contribution in [2.24, 2.45) is 0 Å². The van der Waals surface area contributed by atoms with Crippen LogP contribution < -0.4 is 4.74 Å². The van der Waals surface area contributed by atoms with E-state index in [2.05, 4.69) is 4.74 Å². The van der Waals surface area contributed by atoms with Crippen molar-refractivity contribution >= 4 is 5.78 Å². The maximum atomic E-state index is 12.7. The molecule has 0 saturated carbocycles. The maximum absolute atomic E-state index is 12.7. The van der Waals surface area contributed by atoms with Crippen molar-refractivity contribution in [3.63, 3.8) is 0 Å². The largest absolute Gasteiger partial charge is 0.435 e. The van der Waals surface area contributed by atoms with Crippen molar-refractivity contribution in [3.8, 4) is 5.75 Å². The zero-order valence-electron chi connectivity index (χ0n) is 9.22. The van der Waals surface area contributed by atoms with Crippen molar-refractivity contribution in [1.82, 2.24) is 0 Å². The number of ether oxygens (including phenoxy) is 1. The molecule has 18 heavy (non-hydrogen) atoms. The molecule has 0 bridgehead atoms. The Bertz CT molecular complexity index is 440. The van der Waals surface area contributed by atoms with Crippen LogP contribution in [0.5, 0.6) is 5.75 Å². The molecule has 2 nitrogen and oxygen atoms in total. The lowest BCUT2D eigenvalue weighted by Crippen LogP contribution is -2.14. The smallest absolute Gasteiger partial charge is 0.416 e. The third-order valence-electron chi connectivity index (χ3n) is 2.08. The minimum Gasteiger partial charge on any atom is -0.435 e. The summed E-state index contributed by atoms with van der Waals surface area (Å²) in [6.45, 7) is -2.18. The number of ketones is 1. The number of Topliss-reactive ketones (excluding diaryl/α,β-unsaturated/α-hetero) is 1. The van der Waals surface area contributed by atoms with Gasteiger partial charge in [0, 0.05) is 12.0 Å². The molecule has 1 aromatic carbocycles. The summed E-state index contributed by atoms with van der Waals surface area (Å²) < 4.78 is 66.1. The molecule has 0 aliphatic carbocycles. The molecule has 0 amide bonds. The van der Waals surface area contributed by atoms with Crippen LogP contribution in [-0.2, 0) is 17.4 Å². The summed E-state index contributed by atoms with van der Waals surface area (Å²) in [5.41, 5.74) is -1.71. The van der Waals surface area contributed by atoms with Gasteiger partial charge in [-0.25, -0.2) is 0 Å². The zero-order chi connectivity index (χ0) is 13.9. The van der Waals surface area contributed by atoms with Crippen molar-refractivity contribution < 1.29 is 31.5 Å². The van der Waals surface area contributed by atoms with E-state index >= 15 is 0 Å². The molecule has 0 aromatic heterocycles. The van der Waals surface area contributed by atoms with E-state index in [-0.39, 0.29) is 0 Å². The van der Waals surface area contributed by atoms with E-state index in [0.29, 0.717) is 0 Å². The Labute approximate surface area is 99.4 Å². The molecule has 0 aliphatic rings. The van der Waals surface area contributed by atoms with Gasteiger partial charge in [0.1, 0.15) is 11.5 Å². The number of hydrogen-bond donors (Lipinski definition) is 0. The fourth-order valence-corrected chi connectivity index (χ4v) is 1.47. The lowest BCUT2D eigenvalue weighted by atomic mass is 10.0. The molecule has 0 fully saturated rings. The third kappa shape index (κ3) is 3.68. The Hall–Kier alpha value is -1.66. The molecule has 0 heterocycles. The molecule has 0 aliphatic heterocycles. The topological polar surface area (TPSA) is 26.3 Å². The highest BCUT2D eigenvalue weighted by Gasteiger charge is 2.35. The number of benzene rings is 1.